The van der Waals surface area contributed by atoms with Gasteiger partial charge in [0.1, 0.15) is 0 Å². The second kappa shape index (κ2) is 4.61. The van der Waals surface area contributed by atoms with Gasteiger partial charge in [0, 0.05) is 17.4 Å². The summed E-state index contributed by atoms with van der Waals surface area (Å²) in [5.41, 5.74) is 0. The fourth-order valence-corrected chi connectivity index (χ4v) is 3.18. The maximum Gasteiger partial charge on any atom is 0.253 e. The maximum absolute atomic E-state index is 11.5. The Balaban J connectivity index is 2.62. The van der Waals surface area contributed by atoms with Gasteiger partial charge in [-0.3, -0.25) is 9.59 Å². The first-order valence-electron chi connectivity index (χ1n) is 3.90. The van der Waals surface area contributed by atoms with Gasteiger partial charge in [0.05, 0.1) is 5.25 Å². The van der Waals surface area contributed by atoms with Crippen molar-refractivity contribution in [3.63, 3.8) is 0 Å². The summed E-state index contributed by atoms with van der Waals surface area (Å²) in [6.07, 6.45) is 0.315. The minimum atomic E-state index is -0.202. The molecule has 1 atom stereocenters. The maximum atomic E-state index is 11.5. The van der Waals surface area contributed by atoms with Crippen molar-refractivity contribution < 1.29 is 9.59 Å². The topological polar surface area (TPSA) is 37.4 Å². The van der Waals surface area contributed by atoms with Crippen molar-refractivity contribution in [2.75, 3.05) is 0 Å². The summed E-state index contributed by atoms with van der Waals surface area (Å²) in [6, 6.07) is 0. The van der Waals surface area contributed by atoms with E-state index < -0.39 is 0 Å². The van der Waals surface area contributed by atoms with E-state index in [9.17, 15) is 9.59 Å². The monoisotopic (exact) mass is 237 g/mol. The lowest BCUT2D eigenvalue weighted by molar-refractivity contribution is -0.131. The number of rotatable bonds is 3. The highest BCUT2D eigenvalue weighted by molar-refractivity contribution is 8.67. The Morgan fingerprint density at radius 2 is 2.15 bits per heavy atom. The SMILES string of the molecule is CC(C)SC1CC(=O)N(SS)C1=O. The average Bonchev–Trinajstić information content (AvgIpc) is 2.26. The summed E-state index contributed by atoms with van der Waals surface area (Å²) in [6.45, 7) is 4.03. The van der Waals surface area contributed by atoms with Crippen LogP contribution in [0.15, 0.2) is 0 Å². The van der Waals surface area contributed by atoms with Crippen molar-refractivity contribution >= 4 is 46.2 Å². The third-order valence-electron chi connectivity index (χ3n) is 1.58. The molecule has 74 valence electrons. The summed E-state index contributed by atoms with van der Waals surface area (Å²) in [7, 11) is 0.895. The van der Waals surface area contributed by atoms with Crippen LogP contribution >= 0.6 is 34.4 Å². The Morgan fingerprint density at radius 3 is 2.54 bits per heavy atom. The van der Waals surface area contributed by atoms with Crippen LogP contribution in [0.5, 0.6) is 0 Å². The first kappa shape index (κ1) is 11.3. The molecule has 3 nitrogen and oxygen atoms in total. The van der Waals surface area contributed by atoms with Gasteiger partial charge in [0.2, 0.25) is 5.91 Å². The van der Waals surface area contributed by atoms with Crippen molar-refractivity contribution in [1.82, 2.24) is 4.31 Å². The molecular weight excluding hydrogens is 226 g/mol. The minimum Gasteiger partial charge on any atom is -0.273 e. The normalized spacial score (nSPS) is 23.4. The predicted octanol–water partition coefficient (Wildman–Crippen LogP) is 1.75. The van der Waals surface area contributed by atoms with E-state index in [1.807, 2.05) is 13.8 Å². The molecule has 0 spiro atoms. The third kappa shape index (κ3) is 2.57. The fraction of sp³-hybridized carbons (Fsp3) is 0.714. The number of amides is 2. The van der Waals surface area contributed by atoms with E-state index in [0.717, 1.165) is 15.3 Å². The zero-order valence-electron chi connectivity index (χ0n) is 7.39. The van der Waals surface area contributed by atoms with Gasteiger partial charge >= 0.3 is 0 Å². The first-order valence-corrected chi connectivity index (χ1v) is 6.67. The summed E-state index contributed by atoms with van der Waals surface area (Å²) in [4.78, 5) is 22.7. The third-order valence-corrected chi connectivity index (χ3v) is 3.86. The van der Waals surface area contributed by atoms with E-state index >= 15 is 0 Å². The van der Waals surface area contributed by atoms with Crippen LogP contribution in [-0.2, 0) is 9.59 Å². The molecule has 1 rings (SSSR count). The number of carbonyl (C=O) groups excluding carboxylic acids is 2. The van der Waals surface area contributed by atoms with Gasteiger partial charge in [-0.2, -0.15) is 0 Å². The molecule has 1 heterocycles. The lowest BCUT2D eigenvalue weighted by Crippen LogP contribution is -2.23. The van der Waals surface area contributed by atoms with Crippen molar-refractivity contribution in [2.24, 2.45) is 0 Å². The molecular formula is C7H11NO2S3. The molecule has 1 aliphatic rings. The number of hydrogen-bond acceptors (Lipinski definition) is 5. The van der Waals surface area contributed by atoms with Crippen LogP contribution < -0.4 is 0 Å². The van der Waals surface area contributed by atoms with Crippen LogP contribution in [0.2, 0.25) is 0 Å². The highest BCUT2D eigenvalue weighted by Crippen LogP contribution is 2.32. The molecule has 0 aromatic carbocycles. The van der Waals surface area contributed by atoms with Gasteiger partial charge in [0.25, 0.3) is 5.91 Å². The van der Waals surface area contributed by atoms with E-state index in [2.05, 4.69) is 11.7 Å². The van der Waals surface area contributed by atoms with Crippen LogP contribution in [0.3, 0.4) is 0 Å². The predicted molar refractivity (Wildman–Crippen MR) is 59.6 cm³/mol. The zero-order valence-corrected chi connectivity index (χ0v) is 9.92. The van der Waals surface area contributed by atoms with Gasteiger partial charge in [-0.25, -0.2) is 4.31 Å². The number of hydrogen-bond donors (Lipinski definition) is 1. The Morgan fingerprint density at radius 1 is 1.54 bits per heavy atom. The number of nitrogens with zero attached hydrogens (tertiary/aromatic N) is 1. The van der Waals surface area contributed by atoms with Crippen LogP contribution in [0.1, 0.15) is 20.3 Å². The van der Waals surface area contributed by atoms with Gasteiger partial charge < -0.3 is 0 Å². The average molecular weight is 237 g/mol. The highest BCUT2D eigenvalue weighted by atomic mass is 33.1. The molecule has 1 fully saturated rings. The van der Waals surface area contributed by atoms with Gasteiger partial charge in [-0.05, 0) is 5.25 Å². The van der Waals surface area contributed by atoms with Gasteiger partial charge in [-0.15, -0.1) is 11.8 Å². The molecule has 0 saturated carbocycles. The molecule has 13 heavy (non-hydrogen) atoms. The Bertz CT molecular complexity index is 232. The van der Waals surface area contributed by atoms with E-state index in [1.54, 1.807) is 0 Å². The second-order valence-corrected chi connectivity index (χ2v) is 5.79. The van der Waals surface area contributed by atoms with E-state index in [1.165, 1.54) is 11.8 Å². The largest absolute Gasteiger partial charge is 0.273 e. The summed E-state index contributed by atoms with van der Waals surface area (Å²) in [5, 5.41) is 0.166. The number of carbonyl (C=O) groups is 2. The smallest absolute Gasteiger partial charge is 0.253 e. The molecule has 0 aliphatic carbocycles. The fourth-order valence-electron chi connectivity index (χ4n) is 1.10. The molecule has 0 N–H and O–H groups in total. The molecule has 1 unspecified atom stereocenters. The van der Waals surface area contributed by atoms with Crippen molar-refractivity contribution in [2.45, 2.75) is 30.8 Å². The van der Waals surface area contributed by atoms with E-state index in [4.69, 9.17) is 0 Å². The minimum absolute atomic E-state index is 0.122. The van der Waals surface area contributed by atoms with Gasteiger partial charge in [0.15, 0.2) is 0 Å². The number of thioether (sulfide) groups is 1. The molecule has 2 amide bonds. The molecule has 0 aromatic rings. The Labute approximate surface area is 90.9 Å². The number of imide groups is 1. The Kier molecular flexibility index (Phi) is 4.00. The lowest BCUT2D eigenvalue weighted by atomic mass is 10.4. The quantitative estimate of drug-likeness (QED) is 0.351. The standard InChI is InChI=1S/C7H11NO2S3/c1-4(2)12-5-3-6(9)8(13-11)7(5)10/h4-5,11H,3H2,1-2H3. The second-order valence-electron chi connectivity index (χ2n) is 2.99. The molecule has 0 bridgehead atoms. The van der Waals surface area contributed by atoms with E-state index in [0.29, 0.717) is 11.7 Å². The van der Waals surface area contributed by atoms with Crippen molar-refractivity contribution in [1.29, 1.82) is 0 Å². The van der Waals surface area contributed by atoms with Gasteiger partial charge in [-0.1, -0.05) is 25.5 Å². The molecule has 1 aliphatic heterocycles. The van der Waals surface area contributed by atoms with Crippen LogP contribution in [-0.4, -0.2) is 26.6 Å². The summed E-state index contributed by atoms with van der Waals surface area (Å²) >= 11 is 5.39. The van der Waals surface area contributed by atoms with Crippen molar-refractivity contribution in [3.05, 3.63) is 0 Å². The molecule has 6 heteroatoms. The van der Waals surface area contributed by atoms with Crippen LogP contribution in [0.4, 0.5) is 0 Å². The first-order chi connectivity index (χ1) is 6.06. The highest BCUT2D eigenvalue weighted by Gasteiger charge is 2.39. The molecule has 0 radical (unpaired) electrons. The van der Waals surface area contributed by atoms with Crippen LogP contribution in [0, 0.1) is 0 Å². The molecule has 1 saturated heterocycles. The summed E-state index contributed by atoms with van der Waals surface area (Å²) < 4.78 is 1.13. The van der Waals surface area contributed by atoms with Crippen LogP contribution in [0.25, 0.3) is 0 Å². The molecule has 0 aromatic heterocycles. The Hall–Kier alpha value is 0.190. The lowest BCUT2D eigenvalue weighted by Gasteiger charge is -2.11. The number of thiol groups is 1. The van der Waals surface area contributed by atoms with E-state index in [-0.39, 0.29) is 17.1 Å². The van der Waals surface area contributed by atoms with Crippen molar-refractivity contribution in [3.8, 4) is 0 Å². The zero-order chi connectivity index (χ0) is 10.0. The summed E-state index contributed by atoms with van der Waals surface area (Å²) in [5.74, 6) is -0.258.